The van der Waals surface area contributed by atoms with Gasteiger partial charge in [-0.1, -0.05) is 140 Å². The standard InChI is InChI=1S/C45H27N3O/c1-2-13-31(14-3-1)43-46-44(36-19-10-15-28-11-4-6-16-33(28)36)48-45(47-43)42-35(25-26-40-41(42)37-18-8-9-20-39(37)49-40)32-24-23-30-22-21-29-12-5-7-17-34(29)38(30)27-32/h1-27H. The van der Waals surface area contributed by atoms with Crippen molar-refractivity contribution in [3.05, 3.63) is 164 Å². The lowest BCUT2D eigenvalue weighted by atomic mass is 9.92. The molecule has 10 aromatic rings. The first-order valence-corrected chi connectivity index (χ1v) is 16.4. The first-order chi connectivity index (χ1) is 24.3. The van der Waals surface area contributed by atoms with Crippen LogP contribution in [0.25, 0.3) is 99.5 Å². The van der Waals surface area contributed by atoms with Crippen LogP contribution in [0.3, 0.4) is 0 Å². The van der Waals surface area contributed by atoms with Gasteiger partial charge >= 0.3 is 0 Å². The molecule has 228 valence electrons. The molecule has 2 aromatic heterocycles. The van der Waals surface area contributed by atoms with Crippen molar-refractivity contribution >= 4 is 54.3 Å². The van der Waals surface area contributed by atoms with Gasteiger partial charge in [0.25, 0.3) is 0 Å². The summed E-state index contributed by atoms with van der Waals surface area (Å²) < 4.78 is 6.45. The highest BCUT2D eigenvalue weighted by Crippen LogP contribution is 2.43. The van der Waals surface area contributed by atoms with E-state index < -0.39 is 0 Å². The lowest BCUT2D eigenvalue weighted by Gasteiger charge is -2.15. The van der Waals surface area contributed by atoms with E-state index >= 15 is 0 Å². The number of hydrogen-bond donors (Lipinski definition) is 0. The fourth-order valence-electron chi connectivity index (χ4n) is 7.20. The largest absolute Gasteiger partial charge is 0.456 e. The average molecular weight is 626 g/mol. The Labute approximate surface area is 282 Å². The van der Waals surface area contributed by atoms with Crippen LogP contribution in [0.15, 0.2) is 168 Å². The van der Waals surface area contributed by atoms with Crippen LogP contribution in [0.5, 0.6) is 0 Å². The number of furan rings is 1. The third kappa shape index (κ3) is 4.49. The van der Waals surface area contributed by atoms with E-state index in [1.165, 1.54) is 21.5 Å². The van der Waals surface area contributed by atoms with Gasteiger partial charge in [0.05, 0.1) is 0 Å². The Bertz CT molecular complexity index is 2890. The molecular weight excluding hydrogens is 599 g/mol. The first kappa shape index (κ1) is 27.5. The lowest BCUT2D eigenvalue weighted by Crippen LogP contribution is -2.02. The van der Waals surface area contributed by atoms with E-state index in [1.807, 2.05) is 30.3 Å². The van der Waals surface area contributed by atoms with Crippen LogP contribution in [-0.4, -0.2) is 15.0 Å². The van der Waals surface area contributed by atoms with Crippen LogP contribution < -0.4 is 0 Å². The van der Waals surface area contributed by atoms with Crippen LogP contribution in [0.1, 0.15) is 0 Å². The average Bonchev–Trinajstić information content (AvgIpc) is 3.56. The summed E-state index contributed by atoms with van der Waals surface area (Å²) in [5, 5.41) is 9.08. The first-order valence-electron chi connectivity index (χ1n) is 16.4. The molecule has 49 heavy (non-hydrogen) atoms. The summed E-state index contributed by atoms with van der Waals surface area (Å²) in [5.41, 5.74) is 6.54. The molecule has 2 heterocycles. The lowest BCUT2D eigenvalue weighted by molar-refractivity contribution is 0.669. The Morgan fingerprint density at radius 1 is 0.347 bits per heavy atom. The second-order valence-electron chi connectivity index (χ2n) is 12.4. The third-order valence-electron chi connectivity index (χ3n) is 9.52. The van der Waals surface area contributed by atoms with Crippen LogP contribution in [0, 0.1) is 0 Å². The predicted octanol–water partition coefficient (Wildman–Crippen LogP) is 11.9. The minimum absolute atomic E-state index is 0.599. The van der Waals surface area contributed by atoms with Crippen molar-refractivity contribution in [2.75, 3.05) is 0 Å². The van der Waals surface area contributed by atoms with E-state index in [9.17, 15) is 0 Å². The van der Waals surface area contributed by atoms with E-state index in [0.29, 0.717) is 17.5 Å². The molecule has 0 amide bonds. The molecule has 0 aliphatic rings. The monoisotopic (exact) mass is 625 g/mol. The van der Waals surface area contributed by atoms with E-state index in [2.05, 4.69) is 133 Å². The van der Waals surface area contributed by atoms with E-state index in [4.69, 9.17) is 19.4 Å². The smallest absolute Gasteiger partial charge is 0.165 e. The maximum atomic E-state index is 6.45. The van der Waals surface area contributed by atoms with Crippen molar-refractivity contribution in [2.24, 2.45) is 0 Å². The minimum Gasteiger partial charge on any atom is -0.456 e. The molecule has 0 bridgehead atoms. The van der Waals surface area contributed by atoms with E-state index in [0.717, 1.165) is 60.5 Å². The molecule has 10 rings (SSSR count). The summed E-state index contributed by atoms with van der Waals surface area (Å²) in [6.45, 7) is 0. The summed E-state index contributed by atoms with van der Waals surface area (Å²) in [6.07, 6.45) is 0. The van der Waals surface area contributed by atoms with Crippen LogP contribution >= 0.6 is 0 Å². The van der Waals surface area contributed by atoms with Crippen LogP contribution in [0.4, 0.5) is 0 Å². The van der Waals surface area contributed by atoms with Gasteiger partial charge in [0, 0.05) is 27.5 Å². The molecule has 4 nitrogen and oxygen atoms in total. The zero-order valence-electron chi connectivity index (χ0n) is 26.3. The van der Waals surface area contributed by atoms with Gasteiger partial charge in [-0.2, -0.15) is 0 Å². The summed E-state index contributed by atoms with van der Waals surface area (Å²) in [6, 6.07) is 56.9. The van der Waals surface area contributed by atoms with E-state index in [-0.39, 0.29) is 0 Å². The fraction of sp³-hybridized carbons (Fsp3) is 0. The molecule has 0 saturated carbocycles. The Hall–Kier alpha value is -6.65. The summed E-state index contributed by atoms with van der Waals surface area (Å²) in [5.74, 6) is 1.84. The molecule has 4 heteroatoms. The molecule has 0 saturated heterocycles. The molecule has 0 radical (unpaired) electrons. The van der Waals surface area contributed by atoms with Crippen molar-refractivity contribution in [1.82, 2.24) is 15.0 Å². The zero-order valence-corrected chi connectivity index (χ0v) is 26.3. The number of nitrogens with zero attached hydrogens (tertiary/aromatic N) is 3. The Kier molecular flexibility index (Phi) is 6.15. The highest BCUT2D eigenvalue weighted by atomic mass is 16.3. The van der Waals surface area contributed by atoms with Gasteiger partial charge in [-0.3, -0.25) is 0 Å². The molecule has 0 N–H and O–H groups in total. The molecule has 0 atom stereocenters. The molecule has 0 unspecified atom stereocenters. The van der Waals surface area contributed by atoms with Crippen molar-refractivity contribution in [2.45, 2.75) is 0 Å². The Morgan fingerprint density at radius 3 is 1.84 bits per heavy atom. The maximum Gasteiger partial charge on any atom is 0.165 e. The SMILES string of the molecule is c1ccc(-c2nc(-c3cccc4ccccc34)nc(-c3c(-c4ccc5ccc6ccccc6c5c4)ccc4oc5ccccc5c34)n2)cc1. The normalized spacial score (nSPS) is 11.7. The van der Waals surface area contributed by atoms with Gasteiger partial charge in [-0.25, -0.2) is 15.0 Å². The number of rotatable bonds is 4. The van der Waals surface area contributed by atoms with Crippen molar-refractivity contribution < 1.29 is 4.42 Å². The van der Waals surface area contributed by atoms with Gasteiger partial charge < -0.3 is 4.42 Å². The number of hydrogen-bond acceptors (Lipinski definition) is 4. The van der Waals surface area contributed by atoms with Gasteiger partial charge in [-0.05, 0) is 67.7 Å². The molecule has 0 aliphatic carbocycles. The van der Waals surface area contributed by atoms with Crippen LogP contribution in [-0.2, 0) is 0 Å². The third-order valence-corrected chi connectivity index (χ3v) is 9.52. The quantitative estimate of drug-likeness (QED) is 0.183. The van der Waals surface area contributed by atoms with Crippen molar-refractivity contribution in [3.8, 4) is 45.3 Å². The summed E-state index contributed by atoms with van der Waals surface area (Å²) in [7, 11) is 0. The minimum atomic E-state index is 0.599. The Morgan fingerprint density at radius 2 is 0.980 bits per heavy atom. The second-order valence-corrected chi connectivity index (χ2v) is 12.4. The second kappa shape index (κ2) is 11.0. The van der Waals surface area contributed by atoms with Crippen LogP contribution in [0.2, 0.25) is 0 Å². The number of aromatic nitrogens is 3. The molecule has 0 aliphatic heterocycles. The molecule has 8 aromatic carbocycles. The molecular formula is C45H27N3O. The summed E-state index contributed by atoms with van der Waals surface area (Å²) >= 11 is 0. The highest BCUT2D eigenvalue weighted by Gasteiger charge is 2.22. The molecule has 0 spiro atoms. The van der Waals surface area contributed by atoms with Gasteiger partial charge in [0.15, 0.2) is 17.5 Å². The number of benzene rings is 8. The van der Waals surface area contributed by atoms with Crippen molar-refractivity contribution in [3.63, 3.8) is 0 Å². The summed E-state index contributed by atoms with van der Waals surface area (Å²) in [4.78, 5) is 15.7. The number of para-hydroxylation sites is 1. The zero-order chi connectivity index (χ0) is 32.3. The topological polar surface area (TPSA) is 51.8 Å². The predicted molar refractivity (Wildman–Crippen MR) is 201 cm³/mol. The van der Waals surface area contributed by atoms with Gasteiger partial charge in [-0.15, -0.1) is 0 Å². The van der Waals surface area contributed by atoms with E-state index in [1.54, 1.807) is 0 Å². The van der Waals surface area contributed by atoms with Gasteiger partial charge in [0.1, 0.15) is 11.2 Å². The fourth-order valence-corrected chi connectivity index (χ4v) is 7.20. The maximum absolute atomic E-state index is 6.45. The molecule has 0 fully saturated rings. The van der Waals surface area contributed by atoms with Gasteiger partial charge in [0.2, 0.25) is 0 Å². The van der Waals surface area contributed by atoms with Crippen molar-refractivity contribution in [1.29, 1.82) is 0 Å². The number of fused-ring (bicyclic) bond motifs is 7. The Balaban J connectivity index is 1.32. The highest BCUT2D eigenvalue weighted by molar-refractivity contribution is 6.16.